The van der Waals surface area contributed by atoms with Crippen LogP contribution in [0.25, 0.3) is 0 Å². The summed E-state index contributed by atoms with van der Waals surface area (Å²) in [5, 5.41) is 17.2. The van der Waals surface area contributed by atoms with Gasteiger partial charge in [-0.1, -0.05) is 12.3 Å². The molecular formula is C33H44N4O12. The fourth-order valence-electron chi connectivity index (χ4n) is 4.95. The van der Waals surface area contributed by atoms with E-state index in [1.807, 2.05) is 0 Å². The van der Waals surface area contributed by atoms with Crippen LogP contribution in [0, 0.1) is 22.5 Å². The Kier molecular flexibility index (Phi) is 17.1. The second kappa shape index (κ2) is 20.9. The zero-order valence-electron chi connectivity index (χ0n) is 28.1. The highest BCUT2D eigenvalue weighted by Crippen LogP contribution is 2.39. The number of hydrogen-bond acceptors (Lipinski definition) is 12. The molecular weight excluding hydrogens is 644 g/mol. The number of nitro groups is 1. The maximum absolute atomic E-state index is 12.8. The van der Waals surface area contributed by atoms with Crippen molar-refractivity contribution in [3.63, 3.8) is 0 Å². The molecule has 2 N–H and O–H groups in total. The Labute approximate surface area is 284 Å². The summed E-state index contributed by atoms with van der Waals surface area (Å²) in [6.45, 7) is 0.437. The summed E-state index contributed by atoms with van der Waals surface area (Å²) in [5.74, 6) is 0.639. The molecule has 1 aromatic rings. The number of terminal acetylenes is 1. The number of carbonyl (C=O) groups is 6. The van der Waals surface area contributed by atoms with E-state index >= 15 is 0 Å². The molecule has 0 bridgehead atoms. The highest BCUT2D eigenvalue weighted by molar-refractivity contribution is 6.12. The van der Waals surface area contributed by atoms with Crippen LogP contribution in [0.5, 0.6) is 11.5 Å². The van der Waals surface area contributed by atoms with E-state index in [0.717, 1.165) is 0 Å². The lowest BCUT2D eigenvalue weighted by atomic mass is 10.0. The highest BCUT2D eigenvalue weighted by Gasteiger charge is 2.36. The summed E-state index contributed by atoms with van der Waals surface area (Å²) in [5.41, 5.74) is -0.338. The van der Waals surface area contributed by atoms with Crippen LogP contribution in [0.15, 0.2) is 12.1 Å². The zero-order chi connectivity index (χ0) is 36.3. The molecule has 0 saturated heterocycles. The number of nitrogens with one attached hydrogen (secondary N) is 2. The van der Waals surface area contributed by atoms with Crippen molar-refractivity contribution < 1.29 is 52.6 Å². The fourth-order valence-corrected chi connectivity index (χ4v) is 4.95. The number of nitrogens with zero attached hydrogens (tertiary/aromatic N) is 2. The second-order valence-electron chi connectivity index (χ2n) is 11.2. The molecule has 1 aliphatic rings. The number of hydrogen-bond donors (Lipinski definition) is 2. The lowest BCUT2D eigenvalue weighted by molar-refractivity contribution is -0.386. The molecule has 1 aliphatic carbocycles. The molecule has 1 unspecified atom stereocenters. The van der Waals surface area contributed by atoms with E-state index in [2.05, 4.69) is 16.6 Å². The zero-order valence-corrected chi connectivity index (χ0v) is 28.1. The van der Waals surface area contributed by atoms with Crippen molar-refractivity contribution in [2.45, 2.75) is 82.8 Å². The minimum atomic E-state index is -1.33. The molecule has 0 radical (unpaired) electrons. The van der Waals surface area contributed by atoms with Gasteiger partial charge in [0.15, 0.2) is 23.1 Å². The number of rotatable bonds is 21. The van der Waals surface area contributed by atoms with Crippen molar-refractivity contribution in [1.82, 2.24) is 15.5 Å². The van der Waals surface area contributed by atoms with Crippen molar-refractivity contribution in [3.8, 4) is 23.8 Å². The molecule has 1 aromatic carbocycles. The van der Waals surface area contributed by atoms with Crippen LogP contribution >= 0.6 is 0 Å². The predicted molar refractivity (Wildman–Crippen MR) is 174 cm³/mol. The van der Waals surface area contributed by atoms with Gasteiger partial charge in [0.05, 0.1) is 37.3 Å². The average Bonchev–Trinajstić information content (AvgIpc) is 3.39. The molecule has 1 saturated carbocycles. The first kappa shape index (κ1) is 40.0. The van der Waals surface area contributed by atoms with E-state index < -0.39 is 40.8 Å². The monoisotopic (exact) mass is 688 g/mol. The Balaban J connectivity index is 1.98. The second-order valence-corrected chi connectivity index (χ2v) is 11.2. The molecule has 1 atom stereocenters. The van der Waals surface area contributed by atoms with Crippen LogP contribution in [0.3, 0.4) is 0 Å². The molecule has 0 aliphatic heterocycles. The number of ketones is 2. The maximum atomic E-state index is 12.8. The summed E-state index contributed by atoms with van der Waals surface area (Å²) >= 11 is 0. The van der Waals surface area contributed by atoms with Crippen molar-refractivity contribution in [1.29, 1.82) is 0 Å². The third kappa shape index (κ3) is 13.4. The molecule has 49 heavy (non-hydrogen) atoms. The Hall–Kier alpha value is -5.20. The lowest BCUT2D eigenvalue weighted by Crippen LogP contribution is -2.31. The van der Waals surface area contributed by atoms with Gasteiger partial charge in [-0.2, -0.15) is 0 Å². The van der Waals surface area contributed by atoms with Gasteiger partial charge in [0.1, 0.15) is 6.10 Å². The topological polar surface area (TPSA) is 210 Å². The molecule has 2 rings (SSSR count). The van der Waals surface area contributed by atoms with Crippen LogP contribution in [-0.2, 0) is 33.4 Å². The first-order chi connectivity index (χ1) is 23.4. The Bertz CT molecular complexity index is 1390. The van der Waals surface area contributed by atoms with Crippen LogP contribution in [-0.4, -0.2) is 92.3 Å². The molecule has 0 heterocycles. The van der Waals surface area contributed by atoms with Gasteiger partial charge in [0, 0.05) is 58.7 Å². The largest absolute Gasteiger partial charge is 0.493 e. The Morgan fingerprint density at radius 1 is 0.980 bits per heavy atom. The van der Waals surface area contributed by atoms with Gasteiger partial charge in [-0.3, -0.25) is 34.1 Å². The summed E-state index contributed by atoms with van der Waals surface area (Å²) in [7, 11) is 4.21. The first-order valence-corrected chi connectivity index (χ1v) is 16.0. The molecule has 16 nitrogen and oxygen atoms in total. The van der Waals surface area contributed by atoms with Gasteiger partial charge in [-0.05, 0) is 31.7 Å². The van der Waals surface area contributed by atoms with Gasteiger partial charge in [0.25, 0.3) is 5.69 Å². The number of esters is 1. The maximum Gasteiger partial charge on any atom is 0.407 e. The van der Waals surface area contributed by atoms with Gasteiger partial charge >= 0.3 is 12.1 Å². The van der Waals surface area contributed by atoms with E-state index in [4.69, 9.17) is 25.4 Å². The van der Waals surface area contributed by atoms with Crippen molar-refractivity contribution >= 4 is 41.1 Å². The summed E-state index contributed by atoms with van der Waals surface area (Å²) in [6, 6.07) is 2.52. The molecule has 0 spiro atoms. The van der Waals surface area contributed by atoms with Gasteiger partial charge < -0.3 is 34.5 Å². The number of carbonyl (C=O) groups excluding carboxylic acids is 6. The van der Waals surface area contributed by atoms with Crippen molar-refractivity contribution in [2.75, 3.05) is 40.9 Å². The normalized spacial score (nSPS) is 13.2. The van der Waals surface area contributed by atoms with E-state index in [1.54, 1.807) is 0 Å². The average molecular weight is 689 g/mol. The van der Waals surface area contributed by atoms with E-state index in [9.17, 15) is 38.9 Å². The standard InChI is InChI=1S/C33H44N4O12/c1-5-17-34-29(40)11-7-6-10-18-35-33(43)48-26(22-20-27(46-3)28(47-4)21-23(22)37(44)45)16-19-36(2)30(41)12-8-9-13-31(42)49-32-24(38)14-15-25(32)39/h1,20-21,26,32H,6-19H2,2-4H3,(H,34,40)(H,35,43). The van der Waals surface area contributed by atoms with E-state index in [-0.39, 0.29) is 92.7 Å². The number of alkyl carbamates (subject to hydrolysis) is 1. The van der Waals surface area contributed by atoms with Gasteiger partial charge in [-0.25, -0.2) is 4.79 Å². The van der Waals surface area contributed by atoms with Crippen molar-refractivity contribution in [3.05, 3.63) is 27.8 Å². The molecule has 3 amide bonds. The number of methoxy groups -OCH3 is 2. The molecule has 268 valence electrons. The number of unbranched alkanes of at least 4 members (excludes halogenated alkanes) is 3. The van der Waals surface area contributed by atoms with Gasteiger partial charge in [0.2, 0.25) is 17.9 Å². The number of benzene rings is 1. The molecule has 1 fully saturated rings. The number of nitro benzene ring substituents is 1. The van der Waals surface area contributed by atoms with Gasteiger partial charge in [-0.15, -0.1) is 6.42 Å². The van der Waals surface area contributed by atoms with Crippen LogP contribution in [0.4, 0.5) is 10.5 Å². The van der Waals surface area contributed by atoms with Crippen LogP contribution in [0.2, 0.25) is 0 Å². The third-order valence-electron chi connectivity index (χ3n) is 7.69. The van der Waals surface area contributed by atoms with E-state index in [1.165, 1.54) is 38.3 Å². The summed E-state index contributed by atoms with van der Waals surface area (Å²) < 4.78 is 21.1. The fraction of sp³-hybridized carbons (Fsp3) is 0.576. The number of amides is 3. The number of Topliss-reactive ketones (excluding diaryl/α,β-unsaturated/α-hetero) is 2. The SMILES string of the molecule is C#CCNC(=O)CCCCCNC(=O)OC(CCN(C)C(=O)CCCCC(=O)OC1C(=O)CCC1=O)c1cc(OC)c(OC)cc1[N+](=O)[O-]. The summed E-state index contributed by atoms with van der Waals surface area (Å²) in [6.07, 6.45) is 4.59. The molecule has 16 heteroatoms. The minimum Gasteiger partial charge on any atom is -0.493 e. The Morgan fingerprint density at radius 3 is 2.24 bits per heavy atom. The van der Waals surface area contributed by atoms with Crippen LogP contribution < -0.4 is 20.1 Å². The van der Waals surface area contributed by atoms with E-state index in [0.29, 0.717) is 32.1 Å². The first-order valence-electron chi connectivity index (χ1n) is 16.0. The Morgan fingerprint density at radius 2 is 1.61 bits per heavy atom. The van der Waals surface area contributed by atoms with Crippen LogP contribution in [0.1, 0.15) is 82.3 Å². The highest BCUT2D eigenvalue weighted by atomic mass is 16.6. The quantitative estimate of drug-likeness (QED) is 0.0477. The number of ether oxygens (including phenoxy) is 4. The predicted octanol–water partition coefficient (Wildman–Crippen LogP) is 2.94. The lowest BCUT2D eigenvalue weighted by Gasteiger charge is -2.23. The van der Waals surface area contributed by atoms with Crippen molar-refractivity contribution in [2.24, 2.45) is 0 Å². The summed E-state index contributed by atoms with van der Waals surface area (Å²) in [4.78, 5) is 85.4. The third-order valence-corrected chi connectivity index (χ3v) is 7.69. The molecule has 0 aromatic heterocycles. The minimum absolute atomic E-state index is 0.00543. The smallest absolute Gasteiger partial charge is 0.407 e.